The number of piperazine rings is 1. The van der Waals surface area contributed by atoms with Crippen LogP contribution in [0.4, 0.5) is 0 Å². The van der Waals surface area contributed by atoms with E-state index in [4.69, 9.17) is 11.6 Å². The summed E-state index contributed by atoms with van der Waals surface area (Å²) in [5.74, 6) is 0.729. The molecule has 2 nitrogen and oxygen atoms in total. The van der Waals surface area contributed by atoms with Gasteiger partial charge in [-0.25, -0.2) is 0 Å². The van der Waals surface area contributed by atoms with Gasteiger partial charge in [-0.15, -0.1) is 0 Å². The summed E-state index contributed by atoms with van der Waals surface area (Å²) in [7, 11) is 0. The third kappa shape index (κ3) is 4.70. The summed E-state index contributed by atoms with van der Waals surface area (Å²) >= 11 is 6.00. The van der Waals surface area contributed by atoms with E-state index in [2.05, 4.69) is 43.1 Å². The Balaban J connectivity index is 2.06. The Morgan fingerprint density at radius 2 is 2.00 bits per heavy atom. The Bertz CT molecular complexity index is 418. The van der Waals surface area contributed by atoms with E-state index in [0.717, 1.165) is 30.6 Å². The maximum atomic E-state index is 6.00. The Morgan fingerprint density at radius 3 is 2.62 bits per heavy atom. The smallest absolute Gasteiger partial charge is 0.0406 e. The van der Waals surface area contributed by atoms with Crippen molar-refractivity contribution in [3.63, 3.8) is 0 Å². The van der Waals surface area contributed by atoms with E-state index in [1.165, 1.54) is 24.8 Å². The maximum Gasteiger partial charge on any atom is 0.0406 e. The van der Waals surface area contributed by atoms with Crippen molar-refractivity contribution < 1.29 is 0 Å². The third-order valence-corrected chi connectivity index (χ3v) is 5.03. The summed E-state index contributed by atoms with van der Waals surface area (Å²) in [6, 6.07) is 9.60. The highest BCUT2D eigenvalue weighted by molar-refractivity contribution is 6.30. The molecule has 1 saturated heterocycles. The molecule has 0 bridgehead atoms. The second-order valence-corrected chi connectivity index (χ2v) is 6.84. The number of hydrogen-bond acceptors (Lipinski definition) is 2. The molecular formula is C18H29ClN2. The van der Waals surface area contributed by atoms with Crippen molar-refractivity contribution in [3.05, 3.63) is 34.9 Å². The first-order chi connectivity index (χ1) is 10.1. The third-order valence-electron chi connectivity index (χ3n) is 4.78. The molecule has 0 aliphatic carbocycles. The molecule has 3 heteroatoms. The van der Waals surface area contributed by atoms with Crippen LogP contribution in [0.3, 0.4) is 0 Å². The minimum absolute atomic E-state index is 0.638. The number of halogens is 1. The van der Waals surface area contributed by atoms with Crippen LogP contribution < -0.4 is 5.32 Å². The van der Waals surface area contributed by atoms with Crippen molar-refractivity contribution >= 4 is 11.6 Å². The predicted octanol–water partition coefficient (Wildman–Crippen LogP) is 4.33. The molecule has 1 aliphatic heterocycles. The molecule has 1 heterocycles. The molecule has 118 valence electrons. The van der Waals surface area contributed by atoms with E-state index in [1.807, 2.05) is 12.1 Å². The van der Waals surface area contributed by atoms with Crippen LogP contribution in [0.15, 0.2) is 24.3 Å². The fraction of sp³-hybridized carbons (Fsp3) is 0.667. The van der Waals surface area contributed by atoms with Gasteiger partial charge in [-0.3, -0.25) is 4.90 Å². The lowest BCUT2D eigenvalue weighted by atomic mass is 9.93. The van der Waals surface area contributed by atoms with Crippen molar-refractivity contribution in [1.29, 1.82) is 0 Å². The van der Waals surface area contributed by atoms with Crippen LogP contribution in [-0.2, 0) is 6.54 Å². The van der Waals surface area contributed by atoms with Crippen molar-refractivity contribution in [2.45, 2.75) is 58.7 Å². The molecule has 2 rings (SSSR count). The summed E-state index contributed by atoms with van der Waals surface area (Å²) in [4.78, 5) is 2.67. The van der Waals surface area contributed by atoms with Gasteiger partial charge in [0.25, 0.3) is 0 Å². The highest BCUT2D eigenvalue weighted by atomic mass is 35.5. The van der Waals surface area contributed by atoms with Crippen LogP contribution in [0, 0.1) is 5.92 Å². The van der Waals surface area contributed by atoms with Crippen LogP contribution in [0.25, 0.3) is 0 Å². The van der Waals surface area contributed by atoms with Gasteiger partial charge in [0.2, 0.25) is 0 Å². The molecule has 1 N–H and O–H groups in total. The van der Waals surface area contributed by atoms with E-state index in [0.29, 0.717) is 12.1 Å². The van der Waals surface area contributed by atoms with Gasteiger partial charge < -0.3 is 5.32 Å². The number of rotatable bonds is 6. The van der Waals surface area contributed by atoms with E-state index < -0.39 is 0 Å². The summed E-state index contributed by atoms with van der Waals surface area (Å²) in [6.07, 6.45) is 3.76. The zero-order chi connectivity index (χ0) is 15.2. The lowest BCUT2D eigenvalue weighted by molar-refractivity contribution is 0.0818. The Kier molecular flexibility index (Phi) is 6.53. The fourth-order valence-electron chi connectivity index (χ4n) is 3.28. The molecule has 1 aromatic carbocycles. The van der Waals surface area contributed by atoms with Crippen molar-refractivity contribution in [2.24, 2.45) is 5.92 Å². The molecule has 0 amide bonds. The maximum absolute atomic E-state index is 6.00. The molecule has 0 spiro atoms. The highest BCUT2D eigenvalue weighted by Crippen LogP contribution is 2.22. The highest BCUT2D eigenvalue weighted by Gasteiger charge is 2.30. The van der Waals surface area contributed by atoms with Gasteiger partial charge in [-0.1, -0.05) is 57.3 Å². The molecule has 21 heavy (non-hydrogen) atoms. The summed E-state index contributed by atoms with van der Waals surface area (Å²) in [5.41, 5.74) is 1.37. The minimum atomic E-state index is 0.638. The van der Waals surface area contributed by atoms with Crippen LogP contribution in [0.1, 0.15) is 45.6 Å². The summed E-state index contributed by atoms with van der Waals surface area (Å²) < 4.78 is 0. The lowest BCUT2D eigenvalue weighted by Crippen LogP contribution is -2.58. The molecule has 3 unspecified atom stereocenters. The standard InChI is InChI=1S/C18H29ClN2/c1-4-6-17-13-21(18(11-20-17)14(3)5-2)12-15-7-9-16(19)10-8-15/h7-10,14,17-18,20H,4-6,11-13H2,1-3H3. The minimum Gasteiger partial charge on any atom is -0.311 e. The molecule has 1 fully saturated rings. The fourth-order valence-corrected chi connectivity index (χ4v) is 3.41. The van der Waals surface area contributed by atoms with Crippen LogP contribution in [0.2, 0.25) is 5.02 Å². The first-order valence-electron chi connectivity index (χ1n) is 8.35. The normalized spacial score (nSPS) is 25.0. The first-order valence-corrected chi connectivity index (χ1v) is 8.73. The summed E-state index contributed by atoms with van der Waals surface area (Å²) in [5, 5.41) is 4.57. The van der Waals surface area contributed by atoms with Gasteiger partial charge in [0.05, 0.1) is 0 Å². The molecule has 3 atom stereocenters. The average Bonchev–Trinajstić information content (AvgIpc) is 2.49. The molecule has 0 radical (unpaired) electrons. The predicted molar refractivity (Wildman–Crippen MR) is 91.8 cm³/mol. The zero-order valence-electron chi connectivity index (χ0n) is 13.6. The first kappa shape index (κ1) is 16.8. The lowest BCUT2D eigenvalue weighted by Gasteiger charge is -2.43. The number of benzene rings is 1. The topological polar surface area (TPSA) is 15.3 Å². The van der Waals surface area contributed by atoms with Crippen LogP contribution in [0.5, 0.6) is 0 Å². The SMILES string of the molecule is CCCC1CN(Cc2ccc(Cl)cc2)C(C(C)CC)CN1. The van der Waals surface area contributed by atoms with Crippen LogP contribution in [-0.4, -0.2) is 30.1 Å². The Labute approximate surface area is 134 Å². The number of nitrogens with zero attached hydrogens (tertiary/aromatic N) is 1. The second-order valence-electron chi connectivity index (χ2n) is 6.40. The molecular weight excluding hydrogens is 280 g/mol. The quantitative estimate of drug-likeness (QED) is 0.841. The van der Waals surface area contributed by atoms with Gasteiger partial charge in [0.15, 0.2) is 0 Å². The van der Waals surface area contributed by atoms with E-state index >= 15 is 0 Å². The van der Waals surface area contributed by atoms with Gasteiger partial charge >= 0.3 is 0 Å². The number of hydrogen-bond donors (Lipinski definition) is 1. The molecule has 0 saturated carbocycles. The Hall–Kier alpha value is -0.570. The largest absolute Gasteiger partial charge is 0.311 e. The van der Waals surface area contributed by atoms with Gasteiger partial charge in [0.1, 0.15) is 0 Å². The van der Waals surface area contributed by atoms with Crippen molar-refractivity contribution in [2.75, 3.05) is 13.1 Å². The zero-order valence-corrected chi connectivity index (χ0v) is 14.4. The van der Waals surface area contributed by atoms with Gasteiger partial charge in [0, 0.05) is 36.7 Å². The van der Waals surface area contributed by atoms with E-state index in [1.54, 1.807) is 0 Å². The van der Waals surface area contributed by atoms with Gasteiger partial charge in [-0.2, -0.15) is 0 Å². The Morgan fingerprint density at radius 1 is 1.29 bits per heavy atom. The van der Waals surface area contributed by atoms with Crippen molar-refractivity contribution in [3.8, 4) is 0 Å². The van der Waals surface area contributed by atoms with Crippen molar-refractivity contribution in [1.82, 2.24) is 10.2 Å². The molecule has 1 aliphatic rings. The second kappa shape index (κ2) is 8.17. The molecule has 0 aromatic heterocycles. The summed E-state index contributed by atoms with van der Waals surface area (Å²) in [6.45, 7) is 10.3. The monoisotopic (exact) mass is 308 g/mol. The molecule has 1 aromatic rings. The van der Waals surface area contributed by atoms with Crippen LogP contribution >= 0.6 is 11.6 Å². The van der Waals surface area contributed by atoms with E-state index in [9.17, 15) is 0 Å². The average molecular weight is 309 g/mol. The van der Waals surface area contributed by atoms with Gasteiger partial charge in [-0.05, 0) is 30.0 Å². The number of nitrogens with one attached hydrogen (secondary N) is 1. The van der Waals surface area contributed by atoms with E-state index in [-0.39, 0.29) is 0 Å².